The summed E-state index contributed by atoms with van der Waals surface area (Å²) in [6.45, 7) is 7.17. The van der Waals surface area contributed by atoms with E-state index in [2.05, 4.69) is 21.4 Å². The molecule has 23 heavy (non-hydrogen) atoms. The van der Waals surface area contributed by atoms with Crippen LogP contribution in [0.5, 0.6) is 0 Å². The summed E-state index contributed by atoms with van der Waals surface area (Å²) < 4.78 is 5.39. The Morgan fingerprint density at radius 3 is 2.52 bits per heavy atom. The molecule has 1 aromatic carbocycles. The van der Waals surface area contributed by atoms with E-state index in [4.69, 9.17) is 4.74 Å². The summed E-state index contributed by atoms with van der Waals surface area (Å²) in [7, 11) is 0. The van der Waals surface area contributed by atoms with E-state index in [1.54, 1.807) is 0 Å². The molecule has 5 nitrogen and oxygen atoms in total. The number of nitrogens with zero attached hydrogens (tertiary/aromatic N) is 2. The number of carbonyl (C=O) groups excluding carboxylic acids is 1. The van der Waals surface area contributed by atoms with Crippen LogP contribution in [0.3, 0.4) is 0 Å². The lowest BCUT2D eigenvalue weighted by molar-refractivity contribution is -0.119. The van der Waals surface area contributed by atoms with Crippen LogP contribution in [-0.2, 0) is 14.9 Å². The van der Waals surface area contributed by atoms with Crippen LogP contribution >= 0.6 is 0 Å². The number of aromatic nitrogens is 2. The molecule has 2 aliphatic rings. The summed E-state index contributed by atoms with van der Waals surface area (Å²) in [5.74, 6) is 1.10. The Balaban J connectivity index is 1.93. The Labute approximate surface area is 135 Å². The van der Waals surface area contributed by atoms with Crippen LogP contribution in [0.2, 0.25) is 0 Å². The average molecular weight is 309 g/mol. The van der Waals surface area contributed by atoms with Gasteiger partial charge >= 0.3 is 0 Å². The fraction of sp³-hybridized carbons (Fsp3) is 0.389. The number of anilines is 1. The Hall–Kier alpha value is -2.27. The minimum atomic E-state index is -0.503. The van der Waals surface area contributed by atoms with E-state index in [0.29, 0.717) is 19.1 Å². The van der Waals surface area contributed by atoms with E-state index in [9.17, 15) is 4.79 Å². The Bertz CT molecular complexity index is 793. The second-order valence-corrected chi connectivity index (χ2v) is 6.78. The van der Waals surface area contributed by atoms with E-state index < -0.39 is 5.41 Å². The van der Waals surface area contributed by atoms with E-state index >= 15 is 0 Å². The highest BCUT2D eigenvalue weighted by Gasteiger charge is 2.42. The summed E-state index contributed by atoms with van der Waals surface area (Å²) in [5, 5.41) is 3.09. The van der Waals surface area contributed by atoms with Gasteiger partial charge in [0.1, 0.15) is 5.82 Å². The van der Waals surface area contributed by atoms with Crippen molar-refractivity contribution < 1.29 is 9.53 Å². The van der Waals surface area contributed by atoms with Gasteiger partial charge in [-0.25, -0.2) is 9.97 Å². The van der Waals surface area contributed by atoms with E-state index in [1.165, 1.54) is 0 Å². The van der Waals surface area contributed by atoms with Crippen LogP contribution < -0.4 is 5.32 Å². The van der Waals surface area contributed by atoms with Gasteiger partial charge < -0.3 is 10.1 Å². The number of benzene rings is 1. The molecule has 0 atom stereocenters. The quantitative estimate of drug-likeness (QED) is 0.926. The minimum Gasteiger partial charge on any atom is -0.380 e. The minimum absolute atomic E-state index is 0.0475. The van der Waals surface area contributed by atoms with Gasteiger partial charge in [0.15, 0.2) is 0 Å². The number of aryl methyl sites for hydroxylation is 1. The lowest BCUT2D eigenvalue weighted by Gasteiger charge is -2.30. The third-order valence-electron chi connectivity index (χ3n) is 4.86. The molecule has 1 amide bonds. The second-order valence-electron chi connectivity index (χ2n) is 6.78. The standard InChI is InChI=1S/C18H19N3O2/c1-10-19-6-11(7-20-10)13-4-5-14-16(15(13)12-8-23-9-12)21-17(22)18(14,2)3/h4-7,12H,8-9H2,1-3H3,(H,21,22). The highest BCUT2D eigenvalue weighted by Crippen LogP contribution is 2.46. The molecule has 1 fully saturated rings. The smallest absolute Gasteiger partial charge is 0.234 e. The Kier molecular flexibility index (Phi) is 3.03. The van der Waals surface area contributed by atoms with Crippen LogP contribution in [0.1, 0.15) is 36.7 Å². The van der Waals surface area contributed by atoms with Crippen molar-refractivity contribution in [3.05, 3.63) is 41.5 Å². The summed E-state index contributed by atoms with van der Waals surface area (Å²) in [6, 6.07) is 4.13. The predicted molar refractivity (Wildman–Crippen MR) is 87.4 cm³/mol. The van der Waals surface area contributed by atoms with Gasteiger partial charge in [-0.05, 0) is 37.5 Å². The number of fused-ring (bicyclic) bond motifs is 1. The zero-order valence-corrected chi connectivity index (χ0v) is 13.5. The van der Waals surface area contributed by atoms with Crippen molar-refractivity contribution in [3.8, 4) is 11.1 Å². The molecule has 0 spiro atoms. The summed E-state index contributed by atoms with van der Waals surface area (Å²) in [6.07, 6.45) is 3.68. The number of amides is 1. The van der Waals surface area contributed by atoms with Gasteiger partial charge in [0.2, 0.25) is 5.91 Å². The fourth-order valence-electron chi connectivity index (χ4n) is 3.28. The predicted octanol–water partition coefficient (Wildman–Crippen LogP) is 2.80. The molecular formula is C18H19N3O2. The highest BCUT2D eigenvalue weighted by molar-refractivity contribution is 6.07. The monoisotopic (exact) mass is 309 g/mol. The van der Waals surface area contributed by atoms with Gasteiger partial charge in [-0.2, -0.15) is 0 Å². The maximum Gasteiger partial charge on any atom is 0.234 e. The van der Waals surface area contributed by atoms with Crippen LogP contribution in [0.15, 0.2) is 24.5 Å². The van der Waals surface area contributed by atoms with Crippen molar-refractivity contribution in [3.63, 3.8) is 0 Å². The van der Waals surface area contributed by atoms with Crippen LogP contribution in [0.25, 0.3) is 11.1 Å². The van der Waals surface area contributed by atoms with Gasteiger partial charge in [0.25, 0.3) is 0 Å². The van der Waals surface area contributed by atoms with Crippen LogP contribution in [0, 0.1) is 6.92 Å². The largest absolute Gasteiger partial charge is 0.380 e. The Morgan fingerprint density at radius 1 is 1.22 bits per heavy atom. The number of ether oxygens (including phenoxy) is 1. The van der Waals surface area contributed by atoms with E-state index in [1.807, 2.05) is 39.2 Å². The molecule has 1 saturated heterocycles. The molecule has 1 aromatic heterocycles. The van der Waals surface area contributed by atoms with Crippen LogP contribution in [0.4, 0.5) is 5.69 Å². The molecule has 1 N–H and O–H groups in total. The van der Waals surface area contributed by atoms with Crippen molar-refractivity contribution in [1.29, 1.82) is 0 Å². The SMILES string of the molecule is Cc1ncc(-c2ccc3c(c2C2COC2)NC(=O)C3(C)C)cn1. The van der Waals surface area contributed by atoms with Crippen molar-refractivity contribution in [2.45, 2.75) is 32.1 Å². The lowest BCUT2D eigenvalue weighted by Crippen LogP contribution is -2.27. The number of carbonyl (C=O) groups is 1. The first kappa shape index (κ1) is 14.3. The number of hydrogen-bond acceptors (Lipinski definition) is 4. The van der Waals surface area contributed by atoms with Crippen molar-refractivity contribution in [1.82, 2.24) is 9.97 Å². The normalized spacial score (nSPS) is 19.2. The molecule has 5 heteroatoms. The number of hydrogen-bond donors (Lipinski definition) is 1. The molecule has 0 radical (unpaired) electrons. The molecule has 2 aliphatic heterocycles. The third-order valence-corrected chi connectivity index (χ3v) is 4.86. The van der Waals surface area contributed by atoms with Gasteiger partial charge in [-0.3, -0.25) is 4.79 Å². The molecule has 0 unspecified atom stereocenters. The molecule has 118 valence electrons. The van der Waals surface area contributed by atoms with Crippen molar-refractivity contribution in [2.75, 3.05) is 18.5 Å². The molecule has 3 heterocycles. The third kappa shape index (κ3) is 2.07. The maximum atomic E-state index is 12.4. The lowest BCUT2D eigenvalue weighted by atomic mass is 9.81. The molecule has 0 bridgehead atoms. The summed E-state index contributed by atoms with van der Waals surface area (Å²) >= 11 is 0. The number of nitrogens with one attached hydrogen (secondary N) is 1. The van der Waals surface area contributed by atoms with Gasteiger partial charge in [0.05, 0.1) is 18.6 Å². The molecule has 0 aliphatic carbocycles. The first-order chi connectivity index (χ1) is 11.0. The molecule has 2 aromatic rings. The van der Waals surface area contributed by atoms with E-state index in [-0.39, 0.29) is 5.91 Å². The van der Waals surface area contributed by atoms with Crippen LogP contribution in [-0.4, -0.2) is 29.1 Å². The topological polar surface area (TPSA) is 64.1 Å². The average Bonchev–Trinajstić information content (AvgIpc) is 2.70. The summed E-state index contributed by atoms with van der Waals surface area (Å²) in [5.41, 5.74) is 4.71. The van der Waals surface area contributed by atoms with Crippen molar-refractivity contribution in [2.24, 2.45) is 0 Å². The molecule has 0 saturated carbocycles. The van der Waals surface area contributed by atoms with Gasteiger partial charge in [-0.15, -0.1) is 0 Å². The molecule has 4 rings (SSSR count). The number of rotatable bonds is 2. The fourth-order valence-corrected chi connectivity index (χ4v) is 3.28. The van der Waals surface area contributed by atoms with Gasteiger partial charge in [0, 0.05) is 29.6 Å². The summed E-state index contributed by atoms with van der Waals surface area (Å²) in [4.78, 5) is 21.0. The first-order valence-corrected chi connectivity index (χ1v) is 7.84. The Morgan fingerprint density at radius 2 is 1.91 bits per heavy atom. The van der Waals surface area contributed by atoms with E-state index in [0.717, 1.165) is 33.8 Å². The zero-order valence-electron chi connectivity index (χ0n) is 13.5. The second kappa shape index (κ2) is 4.86. The first-order valence-electron chi connectivity index (χ1n) is 7.84. The van der Waals surface area contributed by atoms with Gasteiger partial charge in [-0.1, -0.05) is 12.1 Å². The highest BCUT2D eigenvalue weighted by atomic mass is 16.5. The maximum absolute atomic E-state index is 12.4. The van der Waals surface area contributed by atoms with Crippen molar-refractivity contribution >= 4 is 11.6 Å². The zero-order chi connectivity index (χ0) is 16.2. The molecular weight excluding hydrogens is 290 g/mol.